The highest BCUT2D eigenvalue weighted by Gasteiger charge is 2.32. The first-order chi connectivity index (χ1) is 17.6. The van der Waals surface area contributed by atoms with E-state index in [0.29, 0.717) is 36.0 Å². The number of benzene rings is 3. The van der Waals surface area contributed by atoms with Gasteiger partial charge in [0.25, 0.3) is 5.91 Å². The second-order valence-electron chi connectivity index (χ2n) is 8.00. The summed E-state index contributed by atoms with van der Waals surface area (Å²) in [6.07, 6.45) is 3.19. The summed E-state index contributed by atoms with van der Waals surface area (Å²) in [4.78, 5) is 26.9. The monoisotopic (exact) mass is 501 g/mol. The van der Waals surface area contributed by atoms with Gasteiger partial charge in [-0.3, -0.25) is 9.59 Å². The van der Waals surface area contributed by atoms with Gasteiger partial charge in [0.05, 0.1) is 19.1 Å². The first kappa shape index (κ1) is 25.1. The summed E-state index contributed by atoms with van der Waals surface area (Å²) in [5, 5.41) is 3.98. The van der Waals surface area contributed by atoms with Crippen LogP contribution in [-0.4, -0.2) is 42.4 Å². The number of rotatable bonds is 10. The molecule has 0 saturated carbocycles. The molecule has 0 spiro atoms. The van der Waals surface area contributed by atoms with Crippen molar-refractivity contribution in [1.82, 2.24) is 10.3 Å². The first-order valence-corrected chi connectivity index (χ1v) is 12.4. The van der Waals surface area contributed by atoms with Gasteiger partial charge in [-0.25, -0.2) is 5.43 Å². The molecule has 8 heteroatoms. The van der Waals surface area contributed by atoms with E-state index < -0.39 is 0 Å². The Morgan fingerprint density at radius 1 is 1.14 bits per heavy atom. The van der Waals surface area contributed by atoms with Crippen LogP contribution >= 0.6 is 11.8 Å². The summed E-state index contributed by atoms with van der Waals surface area (Å²) >= 11 is 1.59. The Hall–Kier alpha value is -4.04. The number of thioether (sulfide) groups is 1. The molecule has 1 heterocycles. The van der Waals surface area contributed by atoms with Crippen molar-refractivity contribution >= 4 is 29.8 Å². The van der Waals surface area contributed by atoms with Gasteiger partial charge in [-0.1, -0.05) is 55.1 Å². The molecule has 0 radical (unpaired) electrons. The van der Waals surface area contributed by atoms with Crippen LogP contribution in [0.2, 0.25) is 0 Å². The minimum atomic E-state index is -0.327. The maximum atomic E-state index is 12.6. The van der Waals surface area contributed by atoms with Crippen LogP contribution in [0.3, 0.4) is 0 Å². The fraction of sp³-hybridized carbons (Fsp3) is 0.179. The average molecular weight is 502 g/mol. The van der Waals surface area contributed by atoms with Gasteiger partial charge in [0.1, 0.15) is 12.0 Å². The van der Waals surface area contributed by atoms with E-state index in [0.717, 1.165) is 16.7 Å². The molecule has 2 amide bonds. The van der Waals surface area contributed by atoms with Crippen molar-refractivity contribution < 1.29 is 19.1 Å². The molecule has 0 unspecified atom stereocenters. The SMILES string of the molecule is C=CCOc1ccc(/C=N\NC(=O)c2ccc([C@@H]3SCC(=O)N3Cc3ccccc3)cc2)cc1OC. The highest BCUT2D eigenvalue weighted by molar-refractivity contribution is 8.00. The summed E-state index contributed by atoms with van der Waals surface area (Å²) in [5.41, 5.74) is 5.84. The predicted molar refractivity (Wildman–Crippen MR) is 142 cm³/mol. The largest absolute Gasteiger partial charge is 0.493 e. The molecule has 1 aliphatic heterocycles. The highest BCUT2D eigenvalue weighted by Crippen LogP contribution is 2.39. The zero-order valence-corrected chi connectivity index (χ0v) is 20.7. The van der Waals surface area contributed by atoms with Gasteiger partial charge in [-0.15, -0.1) is 11.8 Å². The Morgan fingerprint density at radius 2 is 1.92 bits per heavy atom. The Balaban J connectivity index is 1.37. The lowest BCUT2D eigenvalue weighted by Crippen LogP contribution is -2.27. The van der Waals surface area contributed by atoms with Gasteiger partial charge < -0.3 is 14.4 Å². The lowest BCUT2D eigenvalue weighted by atomic mass is 10.1. The topological polar surface area (TPSA) is 80.2 Å². The number of amides is 2. The smallest absolute Gasteiger partial charge is 0.271 e. The number of ether oxygens (including phenoxy) is 2. The third-order valence-corrected chi connectivity index (χ3v) is 6.80. The van der Waals surface area contributed by atoms with Crippen LogP contribution in [0.1, 0.15) is 32.4 Å². The van der Waals surface area contributed by atoms with Crippen LogP contribution in [0.4, 0.5) is 0 Å². The van der Waals surface area contributed by atoms with Gasteiger partial charge in [0, 0.05) is 12.1 Å². The van der Waals surface area contributed by atoms with Crippen LogP contribution in [0.15, 0.2) is 90.6 Å². The number of hydrogen-bond acceptors (Lipinski definition) is 6. The number of hydrazone groups is 1. The first-order valence-electron chi connectivity index (χ1n) is 11.4. The van der Waals surface area contributed by atoms with Crippen molar-refractivity contribution in [2.45, 2.75) is 11.9 Å². The van der Waals surface area contributed by atoms with Crippen LogP contribution in [0.5, 0.6) is 11.5 Å². The van der Waals surface area contributed by atoms with Crippen LogP contribution < -0.4 is 14.9 Å². The molecule has 1 fully saturated rings. The van der Waals surface area contributed by atoms with Gasteiger partial charge in [-0.2, -0.15) is 5.10 Å². The number of methoxy groups -OCH3 is 1. The van der Waals surface area contributed by atoms with E-state index in [1.54, 1.807) is 49.2 Å². The lowest BCUT2D eigenvalue weighted by Gasteiger charge is -2.24. The maximum Gasteiger partial charge on any atom is 0.271 e. The number of hydrogen-bond donors (Lipinski definition) is 1. The summed E-state index contributed by atoms with van der Waals surface area (Å²) in [6.45, 7) is 4.56. The van der Waals surface area contributed by atoms with E-state index in [1.165, 1.54) is 6.21 Å². The van der Waals surface area contributed by atoms with Crippen LogP contribution in [0, 0.1) is 0 Å². The second kappa shape index (κ2) is 12.1. The summed E-state index contributed by atoms with van der Waals surface area (Å²) in [5.74, 6) is 1.39. The molecule has 36 heavy (non-hydrogen) atoms. The van der Waals surface area contributed by atoms with Gasteiger partial charge >= 0.3 is 0 Å². The maximum absolute atomic E-state index is 12.6. The molecule has 0 bridgehead atoms. The normalized spacial score (nSPS) is 15.2. The van der Waals surface area contributed by atoms with Crippen LogP contribution in [-0.2, 0) is 11.3 Å². The average Bonchev–Trinajstić information content (AvgIpc) is 3.28. The molecule has 0 aliphatic carbocycles. The fourth-order valence-corrected chi connectivity index (χ4v) is 4.93. The zero-order valence-electron chi connectivity index (χ0n) is 19.9. The molecule has 4 rings (SSSR count). The second-order valence-corrected chi connectivity index (χ2v) is 9.07. The van der Waals surface area contributed by atoms with Gasteiger partial charge in [0.2, 0.25) is 5.91 Å². The molecule has 1 saturated heterocycles. The molecule has 184 valence electrons. The van der Waals surface area contributed by atoms with E-state index >= 15 is 0 Å². The van der Waals surface area contributed by atoms with E-state index in [9.17, 15) is 9.59 Å². The molecule has 7 nitrogen and oxygen atoms in total. The Morgan fingerprint density at radius 3 is 2.64 bits per heavy atom. The Kier molecular flexibility index (Phi) is 8.41. The van der Waals surface area contributed by atoms with Crippen molar-refractivity contribution in [3.8, 4) is 11.5 Å². The molecule has 3 aromatic rings. The van der Waals surface area contributed by atoms with E-state index in [-0.39, 0.29) is 17.2 Å². The minimum absolute atomic E-state index is 0.0822. The molecule has 1 atom stereocenters. The third kappa shape index (κ3) is 6.14. The predicted octanol–water partition coefficient (Wildman–Crippen LogP) is 4.80. The van der Waals surface area contributed by atoms with E-state index in [1.807, 2.05) is 53.4 Å². The number of carbonyl (C=O) groups is 2. The molecule has 3 aromatic carbocycles. The van der Waals surface area contributed by atoms with Crippen molar-refractivity contribution in [3.05, 3.63) is 108 Å². The Labute approximate surface area is 214 Å². The van der Waals surface area contributed by atoms with Gasteiger partial charge in [-0.05, 0) is 47.0 Å². The third-order valence-electron chi connectivity index (χ3n) is 5.55. The van der Waals surface area contributed by atoms with Crippen LogP contribution in [0.25, 0.3) is 0 Å². The highest BCUT2D eigenvalue weighted by atomic mass is 32.2. The summed E-state index contributed by atoms with van der Waals surface area (Å²) < 4.78 is 10.9. The van der Waals surface area contributed by atoms with E-state index in [2.05, 4.69) is 17.1 Å². The van der Waals surface area contributed by atoms with Crippen molar-refractivity contribution in [2.24, 2.45) is 5.10 Å². The van der Waals surface area contributed by atoms with Crippen molar-refractivity contribution in [1.29, 1.82) is 0 Å². The number of carbonyl (C=O) groups excluding carboxylic acids is 2. The number of nitrogens with zero attached hydrogens (tertiary/aromatic N) is 2. The Bertz CT molecular complexity index is 1250. The number of nitrogens with one attached hydrogen (secondary N) is 1. The molecular weight excluding hydrogens is 474 g/mol. The van der Waals surface area contributed by atoms with Crippen molar-refractivity contribution in [2.75, 3.05) is 19.5 Å². The quantitative estimate of drug-likeness (QED) is 0.245. The fourth-order valence-electron chi connectivity index (χ4n) is 3.74. The zero-order chi connectivity index (χ0) is 25.3. The van der Waals surface area contributed by atoms with Crippen molar-refractivity contribution in [3.63, 3.8) is 0 Å². The lowest BCUT2D eigenvalue weighted by molar-refractivity contribution is -0.128. The molecule has 1 aliphatic rings. The summed E-state index contributed by atoms with van der Waals surface area (Å²) in [7, 11) is 1.56. The molecule has 0 aromatic heterocycles. The van der Waals surface area contributed by atoms with Gasteiger partial charge in [0.15, 0.2) is 11.5 Å². The molecular formula is C28H27N3O4S. The molecule has 1 N–H and O–H groups in total. The minimum Gasteiger partial charge on any atom is -0.493 e. The van der Waals surface area contributed by atoms with E-state index in [4.69, 9.17) is 9.47 Å². The summed E-state index contributed by atoms with van der Waals surface area (Å²) in [6, 6.07) is 22.6. The standard InChI is InChI=1S/C28H27N3O4S/c1-3-15-35-24-14-9-21(16-25(24)34-2)17-29-30-27(33)22-10-12-23(13-11-22)28-31(26(32)19-36-28)18-20-7-5-4-6-8-20/h3-14,16-17,28H,1,15,18-19H2,2H3,(H,30,33)/b29-17-/t28-/m0/s1.